The zero-order valence-electron chi connectivity index (χ0n) is 17.4. The van der Waals surface area contributed by atoms with Crippen molar-refractivity contribution in [3.05, 3.63) is 24.2 Å². The first-order chi connectivity index (χ1) is 14.7. The van der Waals surface area contributed by atoms with E-state index in [2.05, 4.69) is 21.3 Å². The molecule has 5 N–H and O–H groups in total. The number of carbonyl (C=O) groups is 5. The van der Waals surface area contributed by atoms with Crippen molar-refractivity contribution in [2.24, 2.45) is 11.8 Å². The molecule has 11 heteroatoms. The molecule has 0 bridgehead atoms. The molecule has 0 radical (unpaired) electrons. The van der Waals surface area contributed by atoms with Gasteiger partial charge in [-0.2, -0.15) is 0 Å². The summed E-state index contributed by atoms with van der Waals surface area (Å²) >= 11 is 0. The molecule has 11 nitrogen and oxygen atoms in total. The number of hydrogen-bond donors (Lipinski definition) is 5. The van der Waals surface area contributed by atoms with E-state index in [1.807, 2.05) is 0 Å². The van der Waals surface area contributed by atoms with Crippen molar-refractivity contribution >= 4 is 30.1 Å². The molecular weight excluding hydrogens is 408 g/mol. The molecule has 1 aliphatic heterocycles. The van der Waals surface area contributed by atoms with Gasteiger partial charge in [-0.05, 0) is 30.9 Å². The zero-order chi connectivity index (χ0) is 23.0. The number of hydrogen-bond acceptors (Lipinski definition) is 6. The standard InChI is InChI=1S/C20H28N4O7/c1-11(2)16(24-20(29)30)19(28)23-15(9-14-4-3-7-31-14)18(27)22-13(10-25)8-12-5-6-21-17(12)26/h3-4,7,10-13,15-16,24H,5-6,8-9H2,1-2H3,(H,21,26)(H,22,27)(H,23,28)(H,29,30). The smallest absolute Gasteiger partial charge is 0.405 e. The molecule has 1 aromatic heterocycles. The maximum absolute atomic E-state index is 12.9. The van der Waals surface area contributed by atoms with Crippen LogP contribution in [0, 0.1) is 11.8 Å². The second-order valence-electron chi connectivity index (χ2n) is 7.78. The SMILES string of the molecule is CC(C)C(NC(=O)O)C(=O)NC(Cc1ccco1)C(=O)NC(C=O)CC1CCNC1=O. The molecule has 0 spiro atoms. The minimum absolute atomic E-state index is 0.00203. The van der Waals surface area contributed by atoms with Crippen LogP contribution in [-0.4, -0.2) is 59.9 Å². The molecule has 4 atom stereocenters. The topological polar surface area (TPSA) is 167 Å². The van der Waals surface area contributed by atoms with E-state index in [-0.39, 0.29) is 30.6 Å². The van der Waals surface area contributed by atoms with Crippen LogP contribution in [0.15, 0.2) is 22.8 Å². The van der Waals surface area contributed by atoms with Crippen molar-refractivity contribution in [3.63, 3.8) is 0 Å². The van der Waals surface area contributed by atoms with Crippen LogP contribution in [0.25, 0.3) is 0 Å². The van der Waals surface area contributed by atoms with E-state index in [1.54, 1.807) is 26.0 Å². The number of carbonyl (C=O) groups excluding carboxylic acids is 4. The monoisotopic (exact) mass is 436 g/mol. The Morgan fingerprint density at radius 3 is 2.52 bits per heavy atom. The summed E-state index contributed by atoms with van der Waals surface area (Å²) in [6.07, 6.45) is 1.33. The molecule has 0 saturated carbocycles. The van der Waals surface area contributed by atoms with Crippen molar-refractivity contribution in [1.82, 2.24) is 21.3 Å². The Bertz CT molecular complexity index is 793. The molecule has 4 unspecified atom stereocenters. The summed E-state index contributed by atoms with van der Waals surface area (Å²) in [7, 11) is 0. The van der Waals surface area contributed by atoms with E-state index in [0.717, 1.165) is 0 Å². The van der Waals surface area contributed by atoms with E-state index >= 15 is 0 Å². The van der Waals surface area contributed by atoms with Crippen molar-refractivity contribution in [3.8, 4) is 0 Å². The van der Waals surface area contributed by atoms with E-state index in [0.29, 0.717) is 25.0 Å². The first-order valence-electron chi connectivity index (χ1n) is 10.1. The van der Waals surface area contributed by atoms with Gasteiger partial charge in [0.05, 0.1) is 12.3 Å². The molecule has 1 saturated heterocycles. The predicted octanol–water partition coefficient (Wildman–Crippen LogP) is -0.191. The molecule has 1 aromatic rings. The summed E-state index contributed by atoms with van der Waals surface area (Å²) in [4.78, 5) is 59.8. The highest BCUT2D eigenvalue weighted by molar-refractivity contribution is 5.92. The first-order valence-corrected chi connectivity index (χ1v) is 10.1. The second kappa shape index (κ2) is 11.1. The summed E-state index contributed by atoms with van der Waals surface area (Å²) in [5.41, 5.74) is 0. The molecule has 170 valence electrons. The first kappa shape index (κ1) is 23.9. The van der Waals surface area contributed by atoms with Crippen molar-refractivity contribution < 1.29 is 33.5 Å². The van der Waals surface area contributed by atoms with Crippen LogP contribution in [0.4, 0.5) is 4.79 Å². The van der Waals surface area contributed by atoms with Gasteiger partial charge in [0.25, 0.3) is 0 Å². The number of carboxylic acid groups (broad SMARTS) is 1. The van der Waals surface area contributed by atoms with Crippen molar-refractivity contribution in [1.29, 1.82) is 0 Å². The Hall–Kier alpha value is -3.37. The summed E-state index contributed by atoms with van der Waals surface area (Å²) in [5, 5.41) is 18.9. The Morgan fingerprint density at radius 2 is 2.00 bits per heavy atom. The Morgan fingerprint density at radius 1 is 1.26 bits per heavy atom. The van der Waals surface area contributed by atoms with E-state index in [1.165, 1.54) is 6.26 Å². The molecular formula is C20H28N4O7. The third kappa shape index (κ3) is 7.12. The van der Waals surface area contributed by atoms with E-state index in [9.17, 15) is 24.0 Å². The third-order valence-corrected chi connectivity index (χ3v) is 5.04. The van der Waals surface area contributed by atoms with Gasteiger partial charge in [-0.3, -0.25) is 14.4 Å². The van der Waals surface area contributed by atoms with Gasteiger partial charge in [0, 0.05) is 18.9 Å². The van der Waals surface area contributed by atoms with Gasteiger partial charge >= 0.3 is 6.09 Å². The second-order valence-corrected chi connectivity index (χ2v) is 7.78. The van der Waals surface area contributed by atoms with Gasteiger partial charge < -0.3 is 35.6 Å². The normalized spacial score (nSPS) is 18.5. The lowest BCUT2D eigenvalue weighted by Crippen LogP contribution is -2.57. The number of amides is 4. The fraction of sp³-hybridized carbons (Fsp3) is 0.550. The molecule has 0 aliphatic carbocycles. The Kier molecular flexibility index (Phi) is 8.59. The van der Waals surface area contributed by atoms with Gasteiger partial charge in [0.15, 0.2) is 0 Å². The van der Waals surface area contributed by atoms with Gasteiger partial charge in [0.1, 0.15) is 24.1 Å². The van der Waals surface area contributed by atoms with Gasteiger partial charge in [-0.1, -0.05) is 13.8 Å². The van der Waals surface area contributed by atoms with Crippen LogP contribution in [0.1, 0.15) is 32.4 Å². The molecule has 1 fully saturated rings. The minimum Gasteiger partial charge on any atom is -0.469 e. The van der Waals surface area contributed by atoms with Crippen LogP contribution in [-0.2, 0) is 25.6 Å². The molecule has 4 amide bonds. The fourth-order valence-electron chi connectivity index (χ4n) is 3.38. The molecule has 2 heterocycles. The van der Waals surface area contributed by atoms with Gasteiger partial charge in [-0.25, -0.2) is 4.79 Å². The van der Waals surface area contributed by atoms with Crippen molar-refractivity contribution in [2.45, 2.75) is 51.2 Å². The van der Waals surface area contributed by atoms with Crippen molar-refractivity contribution in [2.75, 3.05) is 6.54 Å². The highest BCUT2D eigenvalue weighted by Gasteiger charge is 2.32. The average molecular weight is 436 g/mol. The summed E-state index contributed by atoms with van der Waals surface area (Å²) in [6.45, 7) is 3.85. The van der Waals surface area contributed by atoms with E-state index in [4.69, 9.17) is 9.52 Å². The van der Waals surface area contributed by atoms with Gasteiger partial charge in [-0.15, -0.1) is 0 Å². The molecule has 1 aliphatic rings. The van der Waals surface area contributed by atoms with Crippen LogP contribution in [0.5, 0.6) is 0 Å². The minimum atomic E-state index is -1.36. The lowest BCUT2D eigenvalue weighted by atomic mass is 9.98. The van der Waals surface area contributed by atoms with Crippen LogP contribution in [0.3, 0.4) is 0 Å². The quantitative estimate of drug-likeness (QED) is 0.300. The lowest BCUT2D eigenvalue weighted by Gasteiger charge is -2.25. The highest BCUT2D eigenvalue weighted by atomic mass is 16.4. The largest absolute Gasteiger partial charge is 0.469 e. The maximum Gasteiger partial charge on any atom is 0.405 e. The molecule has 0 aromatic carbocycles. The lowest BCUT2D eigenvalue weighted by molar-refractivity contribution is -0.131. The van der Waals surface area contributed by atoms with Gasteiger partial charge in [0.2, 0.25) is 17.7 Å². The number of furan rings is 1. The third-order valence-electron chi connectivity index (χ3n) is 5.04. The highest BCUT2D eigenvalue weighted by Crippen LogP contribution is 2.16. The Labute approximate surface area is 179 Å². The number of rotatable bonds is 11. The fourth-order valence-corrected chi connectivity index (χ4v) is 3.38. The number of aldehydes is 1. The molecule has 31 heavy (non-hydrogen) atoms. The number of nitrogens with one attached hydrogen (secondary N) is 4. The van der Waals surface area contributed by atoms with Crippen LogP contribution in [0.2, 0.25) is 0 Å². The van der Waals surface area contributed by atoms with Crippen LogP contribution >= 0.6 is 0 Å². The predicted molar refractivity (Wildman–Crippen MR) is 108 cm³/mol. The maximum atomic E-state index is 12.9. The van der Waals surface area contributed by atoms with Crippen LogP contribution < -0.4 is 21.3 Å². The average Bonchev–Trinajstić information content (AvgIpc) is 3.36. The summed E-state index contributed by atoms with van der Waals surface area (Å²) < 4.78 is 5.26. The summed E-state index contributed by atoms with van der Waals surface area (Å²) in [6, 6.07) is 0.156. The summed E-state index contributed by atoms with van der Waals surface area (Å²) in [5.74, 6) is -1.81. The van der Waals surface area contributed by atoms with E-state index < -0.39 is 36.0 Å². The molecule has 2 rings (SSSR count). The zero-order valence-corrected chi connectivity index (χ0v) is 17.4. The Balaban J connectivity index is 2.10.